The summed E-state index contributed by atoms with van der Waals surface area (Å²) >= 11 is 0. The van der Waals surface area contributed by atoms with Crippen molar-refractivity contribution in [1.29, 1.82) is 0 Å². The van der Waals surface area contributed by atoms with Crippen LogP contribution in [0.3, 0.4) is 0 Å². The Labute approximate surface area is 76.6 Å². The van der Waals surface area contributed by atoms with Gasteiger partial charge >= 0.3 is 6.08 Å². The molecule has 0 fully saturated rings. The average Bonchev–Trinajstić information content (AvgIpc) is 2.13. The van der Waals surface area contributed by atoms with Crippen LogP contribution < -0.4 is 5.32 Å². The van der Waals surface area contributed by atoms with Crippen molar-refractivity contribution in [2.45, 2.75) is 26.2 Å². The number of hydrogen-bond donors (Lipinski definition) is 1. The fourth-order valence-corrected chi connectivity index (χ4v) is 0.905. The second-order valence-electron chi connectivity index (χ2n) is 2.66. The lowest BCUT2D eigenvalue weighted by atomic mass is 10.2. The molecule has 1 heterocycles. The predicted molar refractivity (Wildman–Crippen MR) is 46.6 cm³/mol. The molecule has 0 aliphatic heterocycles. The van der Waals surface area contributed by atoms with E-state index in [0.717, 1.165) is 25.8 Å². The molecule has 0 saturated heterocycles. The maximum Gasteiger partial charge on any atom is 0.314 e. The Kier molecular flexibility index (Phi) is 4.08. The van der Waals surface area contributed by atoms with Crippen LogP contribution in [-0.2, 0) is 0 Å². The molecule has 1 aromatic heterocycles. The van der Waals surface area contributed by atoms with Gasteiger partial charge in [-0.05, 0) is 6.42 Å². The van der Waals surface area contributed by atoms with Crippen LogP contribution in [0.2, 0.25) is 0 Å². The molecule has 0 aliphatic rings. The molecule has 71 valence electrons. The van der Waals surface area contributed by atoms with E-state index < -0.39 is 6.08 Å². The van der Waals surface area contributed by atoms with Crippen LogP contribution in [0.1, 0.15) is 26.2 Å². The lowest BCUT2D eigenvalue weighted by Crippen LogP contribution is -2.06. The van der Waals surface area contributed by atoms with Crippen LogP contribution in [-0.4, -0.2) is 21.5 Å². The number of unbranched alkanes of at least 4 members (excludes halogenated alkanes) is 2. The van der Waals surface area contributed by atoms with Crippen LogP contribution >= 0.6 is 0 Å². The Hall–Kier alpha value is -1.26. The SMILES string of the molecule is CCCCCNc1n[c]nc(F)n1. The number of halogens is 1. The molecule has 1 radical (unpaired) electrons. The molecule has 0 amide bonds. The Morgan fingerprint density at radius 1 is 1.38 bits per heavy atom. The van der Waals surface area contributed by atoms with Crippen molar-refractivity contribution in [3.8, 4) is 0 Å². The summed E-state index contributed by atoms with van der Waals surface area (Å²) in [6.45, 7) is 2.88. The van der Waals surface area contributed by atoms with Crippen molar-refractivity contribution in [3.63, 3.8) is 0 Å². The molecule has 1 N–H and O–H groups in total. The molecule has 0 saturated carbocycles. The fourth-order valence-electron chi connectivity index (χ4n) is 0.905. The third kappa shape index (κ3) is 3.78. The smallest absolute Gasteiger partial charge is 0.314 e. The van der Waals surface area contributed by atoms with Crippen molar-refractivity contribution < 1.29 is 4.39 Å². The Morgan fingerprint density at radius 2 is 2.23 bits per heavy atom. The first-order valence-electron chi connectivity index (χ1n) is 4.34. The highest BCUT2D eigenvalue weighted by Gasteiger charge is 1.97. The van der Waals surface area contributed by atoms with Crippen molar-refractivity contribution in [1.82, 2.24) is 15.0 Å². The molecule has 1 rings (SSSR count). The Balaban J connectivity index is 2.28. The van der Waals surface area contributed by atoms with E-state index in [-0.39, 0.29) is 5.95 Å². The summed E-state index contributed by atoms with van der Waals surface area (Å²) in [6.07, 6.45) is 4.70. The second kappa shape index (κ2) is 5.40. The van der Waals surface area contributed by atoms with E-state index in [4.69, 9.17) is 0 Å². The summed E-state index contributed by atoms with van der Waals surface area (Å²) in [5, 5.41) is 2.89. The highest BCUT2D eigenvalue weighted by atomic mass is 19.1. The van der Waals surface area contributed by atoms with Gasteiger partial charge < -0.3 is 5.32 Å². The van der Waals surface area contributed by atoms with Gasteiger partial charge in [-0.15, -0.1) is 0 Å². The van der Waals surface area contributed by atoms with E-state index in [1.54, 1.807) is 0 Å². The largest absolute Gasteiger partial charge is 0.354 e. The number of nitrogens with one attached hydrogen (secondary N) is 1. The second-order valence-corrected chi connectivity index (χ2v) is 2.66. The molecule has 0 atom stereocenters. The van der Waals surface area contributed by atoms with Crippen LogP contribution in [0.4, 0.5) is 10.3 Å². The number of rotatable bonds is 5. The monoisotopic (exact) mass is 183 g/mol. The van der Waals surface area contributed by atoms with E-state index in [1.165, 1.54) is 0 Å². The van der Waals surface area contributed by atoms with E-state index in [1.807, 2.05) is 0 Å². The van der Waals surface area contributed by atoms with E-state index in [2.05, 4.69) is 33.5 Å². The number of anilines is 1. The molecule has 0 spiro atoms. The standard InChI is InChI=1S/C8H12FN4/c1-2-3-4-5-10-8-12-6-11-7(9)13-8/h2-5H2,1H3,(H,10,11,12,13). The fraction of sp³-hybridized carbons (Fsp3) is 0.625. The van der Waals surface area contributed by atoms with Crippen LogP contribution in [0.5, 0.6) is 0 Å². The van der Waals surface area contributed by atoms with Gasteiger partial charge in [0.05, 0.1) is 0 Å². The minimum atomic E-state index is -0.798. The van der Waals surface area contributed by atoms with Gasteiger partial charge in [-0.1, -0.05) is 19.8 Å². The first-order valence-corrected chi connectivity index (χ1v) is 4.34. The first-order chi connectivity index (χ1) is 6.33. The maximum absolute atomic E-state index is 12.4. The van der Waals surface area contributed by atoms with Gasteiger partial charge in [0.1, 0.15) is 0 Å². The molecule has 1 aromatic rings. The van der Waals surface area contributed by atoms with Gasteiger partial charge in [0.15, 0.2) is 0 Å². The van der Waals surface area contributed by atoms with Crippen molar-refractivity contribution in [3.05, 3.63) is 12.4 Å². The van der Waals surface area contributed by atoms with Crippen LogP contribution in [0.15, 0.2) is 0 Å². The summed E-state index contributed by atoms with van der Waals surface area (Å²) in [4.78, 5) is 10.2. The number of hydrogen-bond acceptors (Lipinski definition) is 4. The lowest BCUT2D eigenvalue weighted by Gasteiger charge is -2.01. The van der Waals surface area contributed by atoms with Gasteiger partial charge in [-0.3, -0.25) is 0 Å². The van der Waals surface area contributed by atoms with Gasteiger partial charge in [0, 0.05) is 6.54 Å². The Morgan fingerprint density at radius 3 is 2.92 bits per heavy atom. The number of aromatic nitrogens is 3. The third-order valence-electron chi connectivity index (χ3n) is 1.56. The van der Waals surface area contributed by atoms with E-state index in [0.29, 0.717) is 0 Å². The van der Waals surface area contributed by atoms with Crippen LogP contribution in [0.25, 0.3) is 0 Å². The van der Waals surface area contributed by atoms with Gasteiger partial charge in [-0.25, -0.2) is 0 Å². The lowest BCUT2D eigenvalue weighted by molar-refractivity contribution is 0.532. The van der Waals surface area contributed by atoms with E-state index >= 15 is 0 Å². The quantitative estimate of drug-likeness (QED) is 0.701. The van der Waals surface area contributed by atoms with Gasteiger partial charge in [0.2, 0.25) is 12.3 Å². The highest BCUT2D eigenvalue weighted by molar-refractivity contribution is 5.20. The predicted octanol–water partition coefficient (Wildman–Crippen LogP) is 1.41. The summed E-state index contributed by atoms with van der Waals surface area (Å²) < 4.78 is 12.4. The molecule has 5 heteroatoms. The molecule has 13 heavy (non-hydrogen) atoms. The topological polar surface area (TPSA) is 50.7 Å². The molecule has 0 aliphatic carbocycles. The van der Waals surface area contributed by atoms with Crippen molar-refractivity contribution in [2.24, 2.45) is 0 Å². The summed E-state index contributed by atoms with van der Waals surface area (Å²) in [5.41, 5.74) is 0. The molecule has 0 bridgehead atoms. The normalized spacial score (nSPS) is 10.0. The first kappa shape index (κ1) is 9.83. The van der Waals surface area contributed by atoms with Crippen LogP contribution in [0, 0.1) is 12.4 Å². The minimum absolute atomic E-state index is 0.253. The average molecular weight is 183 g/mol. The number of nitrogens with zero attached hydrogens (tertiary/aromatic N) is 3. The summed E-state index contributed by atoms with van der Waals surface area (Å²) in [7, 11) is 0. The zero-order valence-corrected chi connectivity index (χ0v) is 7.55. The van der Waals surface area contributed by atoms with Gasteiger partial charge in [-0.2, -0.15) is 19.3 Å². The summed E-state index contributed by atoms with van der Waals surface area (Å²) in [5.74, 6) is 0.253. The van der Waals surface area contributed by atoms with Crippen molar-refractivity contribution in [2.75, 3.05) is 11.9 Å². The zero-order chi connectivity index (χ0) is 9.52. The molecule has 0 unspecified atom stereocenters. The van der Waals surface area contributed by atoms with Gasteiger partial charge in [0.25, 0.3) is 0 Å². The molecule has 4 nitrogen and oxygen atoms in total. The molecular formula is C8H12FN4. The summed E-state index contributed by atoms with van der Waals surface area (Å²) in [6, 6.07) is 0. The molecule has 0 aromatic carbocycles. The highest BCUT2D eigenvalue weighted by Crippen LogP contribution is 1.98. The zero-order valence-electron chi connectivity index (χ0n) is 7.55. The molecular weight excluding hydrogens is 171 g/mol. The third-order valence-corrected chi connectivity index (χ3v) is 1.56. The maximum atomic E-state index is 12.4. The minimum Gasteiger partial charge on any atom is -0.354 e. The Bertz CT molecular complexity index is 254. The van der Waals surface area contributed by atoms with E-state index in [9.17, 15) is 4.39 Å². The van der Waals surface area contributed by atoms with Crippen molar-refractivity contribution >= 4 is 5.95 Å².